The lowest BCUT2D eigenvalue weighted by molar-refractivity contribution is 0.251. The molecule has 110 valence electrons. The van der Waals surface area contributed by atoms with Crippen molar-refractivity contribution in [2.45, 2.75) is 40.2 Å². The van der Waals surface area contributed by atoms with Crippen LogP contribution in [0.15, 0.2) is 23.2 Å². The predicted octanol–water partition coefficient (Wildman–Crippen LogP) is 2.43. The summed E-state index contributed by atoms with van der Waals surface area (Å²) in [6, 6.07) is 5.78. The van der Waals surface area contributed by atoms with Gasteiger partial charge in [-0.3, -0.25) is 15.2 Å². The number of benzene rings is 1. The van der Waals surface area contributed by atoms with Gasteiger partial charge in [0.05, 0.1) is 5.69 Å². The van der Waals surface area contributed by atoms with Gasteiger partial charge in [0.1, 0.15) is 0 Å². The highest BCUT2D eigenvalue weighted by Crippen LogP contribution is 2.24. The van der Waals surface area contributed by atoms with Crippen molar-refractivity contribution >= 4 is 17.7 Å². The molecule has 0 bridgehead atoms. The molecule has 2 amide bonds. The zero-order chi connectivity index (χ0) is 15.3. The summed E-state index contributed by atoms with van der Waals surface area (Å²) in [5.74, 6) is 0.142. The molecule has 0 spiro atoms. The van der Waals surface area contributed by atoms with E-state index in [2.05, 4.69) is 17.2 Å². The summed E-state index contributed by atoms with van der Waals surface area (Å²) in [5.41, 5.74) is 8.80. The van der Waals surface area contributed by atoms with Gasteiger partial charge in [0.2, 0.25) is 0 Å². The number of urea groups is 1. The van der Waals surface area contributed by atoms with Gasteiger partial charge in [0.15, 0.2) is 5.96 Å². The zero-order valence-corrected chi connectivity index (χ0v) is 12.9. The summed E-state index contributed by atoms with van der Waals surface area (Å²) in [6.45, 7) is 7.86. The van der Waals surface area contributed by atoms with Crippen LogP contribution >= 0.6 is 0 Å². The molecular weight excluding hydrogens is 252 g/mol. The Bertz CT molecular complexity index is 509. The normalized spacial score (nSPS) is 11.6. The molecule has 20 heavy (non-hydrogen) atoms. The Morgan fingerprint density at radius 3 is 2.65 bits per heavy atom. The van der Waals surface area contributed by atoms with Gasteiger partial charge >= 0.3 is 6.03 Å². The molecule has 1 rings (SSSR count). The third-order valence-corrected chi connectivity index (χ3v) is 2.97. The van der Waals surface area contributed by atoms with E-state index in [1.807, 2.05) is 39.0 Å². The number of aryl methyl sites for hydroxylation is 2. The van der Waals surface area contributed by atoms with Gasteiger partial charge in [-0.15, -0.1) is 0 Å². The van der Waals surface area contributed by atoms with Crippen LogP contribution in [0.1, 0.15) is 31.9 Å². The van der Waals surface area contributed by atoms with Gasteiger partial charge in [0.25, 0.3) is 0 Å². The van der Waals surface area contributed by atoms with Crippen molar-refractivity contribution in [3.63, 3.8) is 0 Å². The van der Waals surface area contributed by atoms with Crippen molar-refractivity contribution in [2.75, 3.05) is 11.9 Å². The Morgan fingerprint density at radius 1 is 1.45 bits per heavy atom. The molecule has 0 aliphatic rings. The quantitative estimate of drug-likeness (QED) is 0.657. The minimum atomic E-state index is -0.282. The number of nitrogens with two attached hydrogens (primary N) is 1. The van der Waals surface area contributed by atoms with Crippen LogP contribution < -0.4 is 16.0 Å². The van der Waals surface area contributed by atoms with Crippen LogP contribution in [0.2, 0.25) is 0 Å². The number of guanidine groups is 1. The molecule has 0 heterocycles. The molecule has 1 aromatic rings. The number of hydrogen-bond donors (Lipinski definition) is 2. The highest BCUT2D eigenvalue weighted by atomic mass is 16.2. The number of hydrogen-bond acceptors (Lipinski definition) is 2. The maximum Gasteiger partial charge on any atom is 0.328 e. The molecule has 0 saturated heterocycles. The molecule has 1 aromatic carbocycles. The molecule has 0 aliphatic carbocycles. The highest BCUT2D eigenvalue weighted by Gasteiger charge is 2.16. The number of nitrogens with zero attached hydrogens (tertiary/aromatic N) is 2. The van der Waals surface area contributed by atoms with Crippen LogP contribution in [0.5, 0.6) is 0 Å². The Morgan fingerprint density at radius 2 is 2.10 bits per heavy atom. The lowest BCUT2D eigenvalue weighted by atomic mass is 10.1. The summed E-state index contributed by atoms with van der Waals surface area (Å²) in [6.07, 6.45) is 0.865. The van der Waals surface area contributed by atoms with Crippen LogP contribution in [-0.4, -0.2) is 25.1 Å². The molecule has 0 aliphatic heterocycles. The Hall–Kier alpha value is -2.04. The van der Waals surface area contributed by atoms with Gasteiger partial charge in [-0.2, -0.15) is 0 Å². The molecule has 3 N–H and O–H groups in total. The molecule has 0 atom stereocenters. The Labute approximate surface area is 120 Å². The van der Waals surface area contributed by atoms with Gasteiger partial charge in [-0.25, -0.2) is 4.79 Å². The van der Waals surface area contributed by atoms with Crippen LogP contribution in [-0.2, 0) is 6.42 Å². The molecule has 0 unspecified atom stereocenters. The number of rotatable bonds is 3. The van der Waals surface area contributed by atoms with Crippen molar-refractivity contribution in [1.29, 1.82) is 0 Å². The molecular formula is C15H24N4O. The van der Waals surface area contributed by atoms with Crippen molar-refractivity contribution < 1.29 is 4.79 Å². The summed E-state index contributed by atoms with van der Waals surface area (Å²) >= 11 is 0. The van der Waals surface area contributed by atoms with Crippen LogP contribution in [0.3, 0.4) is 0 Å². The first-order valence-corrected chi connectivity index (χ1v) is 6.83. The minimum Gasteiger partial charge on any atom is -0.370 e. The number of nitrogens with one attached hydrogen (secondary N) is 1. The van der Waals surface area contributed by atoms with E-state index >= 15 is 0 Å². The van der Waals surface area contributed by atoms with E-state index in [0.717, 1.165) is 23.2 Å². The number of anilines is 1. The van der Waals surface area contributed by atoms with Crippen molar-refractivity contribution in [3.05, 3.63) is 29.3 Å². The van der Waals surface area contributed by atoms with E-state index in [1.165, 1.54) is 0 Å². The van der Waals surface area contributed by atoms with Gasteiger partial charge in [0, 0.05) is 13.1 Å². The smallest absolute Gasteiger partial charge is 0.328 e. The Kier molecular flexibility index (Phi) is 5.55. The molecule has 5 heteroatoms. The second kappa shape index (κ2) is 6.93. The fourth-order valence-corrected chi connectivity index (χ4v) is 2.09. The van der Waals surface area contributed by atoms with E-state index in [4.69, 9.17) is 5.73 Å². The number of aliphatic imine (C=N–C) groups is 1. The first-order chi connectivity index (χ1) is 9.36. The van der Waals surface area contributed by atoms with Crippen molar-refractivity contribution in [3.8, 4) is 0 Å². The highest BCUT2D eigenvalue weighted by molar-refractivity contribution is 6.03. The van der Waals surface area contributed by atoms with E-state index in [0.29, 0.717) is 0 Å². The standard InChI is InChI=1S/C15H24N4O/c1-6-12-9-7-8-11(4)13(12)19(5)15(20)18-14(16)17-10(2)3/h7-10H,6H2,1-5H3,(H3,16,17,18,20). The molecule has 5 nitrogen and oxygen atoms in total. The monoisotopic (exact) mass is 276 g/mol. The fraction of sp³-hybridized carbons (Fsp3) is 0.467. The van der Waals surface area contributed by atoms with Crippen LogP contribution in [0, 0.1) is 6.92 Å². The zero-order valence-electron chi connectivity index (χ0n) is 12.9. The molecule has 0 saturated carbocycles. The summed E-state index contributed by atoms with van der Waals surface area (Å²) in [5, 5.41) is 2.60. The average Bonchev–Trinajstić information content (AvgIpc) is 2.36. The Balaban J connectivity index is 2.95. The number of carbonyl (C=O) groups excluding carboxylic acids is 1. The minimum absolute atomic E-state index is 0.0465. The fourth-order valence-electron chi connectivity index (χ4n) is 2.09. The third kappa shape index (κ3) is 3.98. The van der Waals surface area contributed by atoms with E-state index in [1.54, 1.807) is 11.9 Å². The van der Waals surface area contributed by atoms with Crippen LogP contribution in [0.25, 0.3) is 0 Å². The summed E-state index contributed by atoms with van der Waals surface area (Å²) < 4.78 is 0. The lowest BCUT2D eigenvalue weighted by Gasteiger charge is -2.23. The van der Waals surface area contributed by atoms with Crippen LogP contribution in [0.4, 0.5) is 10.5 Å². The van der Waals surface area contributed by atoms with Crippen molar-refractivity contribution in [2.24, 2.45) is 10.7 Å². The predicted molar refractivity (Wildman–Crippen MR) is 84.3 cm³/mol. The number of amides is 2. The van der Waals surface area contributed by atoms with Gasteiger partial charge in [-0.05, 0) is 38.3 Å². The number of carbonyl (C=O) groups is 1. The van der Waals surface area contributed by atoms with E-state index < -0.39 is 0 Å². The third-order valence-electron chi connectivity index (χ3n) is 2.97. The van der Waals surface area contributed by atoms with Gasteiger partial charge in [-0.1, -0.05) is 25.1 Å². The van der Waals surface area contributed by atoms with Gasteiger partial charge < -0.3 is 5.73 Å². The second-order valence-electron chi connectivity index (χ2n) is 5.03. The lowest BCUT2D eigenvalue weighted by Crippen LogP contribution is -2.45. The SMILES string of the molecule is CCc1cccc(C)c1N(C)C(=O)NC(N)=NC(C)C. The van der Waals surface area contributed by atoms with E-state index in [-0.39, 0.29) is 18.0 Å². The largest absolute Gasteiger partial charge is 0.370 e. The first kappa shape index (κ1) is 16.0. The maximum atomic E-state index is 12.2. The molecule has 0 radical (unpaired) electrons. The average molecular weight is 276 g/mol. The summed E-state index contributed by atoms with van der Waals surface area (Å²) in [4.78, 5) is 17.9. The summed E-state index contributed by atoms with van der Waals surface area (Å²) in [7, 11) is 1.74. The maximum absolute atomic E-state index is 12.2. The van der Waals surface area contributed by atoms with E-state index in [9.17, 15) is 4.79 Å². The van der Waals surface area contributed by atoms with Crippen molar-refractivity contribution in [1.82, 2.24) is 5.32 Å². The first-order valence-electron chi connectivity index (χ1n) is 6.83. The molecule has 0 aromatic heterocycles. The molecule has 0 fully saturated rings. The topological polar surface area (TPSA) is 70.7 Å². The number of para-hydroxylation sites is 1. The second-order valence-corrected chi connectivity index (χ2v) is 5.03.